The van der Waals surface area contributed by atoms with Crippen molar-refractivity contribution in [2.75, 3.05) is 0 Å². The van der Waals surface area contributed by atoms with Crippen LogP contribution < -0.4 is 4.74 Å². The quantitative estimate of drug-likeness (QED) is 0.635. The number of fused-ring (bicyclic) bond motifs is 1. The van der Waals surface area contributed by atoms with E-state index >= 15 is 0 Å². The standard InChI is InChI=1S/C18H13Cl2NO3/c1-21-10-11(8-9-16(22)23)17-13(21)5-3-6-14(17)24-15-7-2-4-12(19)18(15)20/h2-10H,1H3,(H,22,23). The van der Waals surface area contributed by atoms with Gasteiger partial charge >= 0.3 is 5.97 Å². The average molecular weight is 362 g/mol. The van der Waals surface area contributed by atoms with Crippen LogP contribution in [0.5, 0.6) is 11.5 Å². The summed E-state index contributed by atoms with van der Waals surface area (Å²) in [4.78, 5) is 10.8. The first-order valence-electron chi connectivity index (χ1n) is 7.08. The highest BCUT2D eigenvalue weighted by atomic mass is 35.5. The van der Waals surface area contributed by atoms with E-state index in [1.807, 2.05) is 29.9 Å². The molecule has 2 aromatic carbocycles. The van der Waals surface area contributed by atoms with Gasteiger partial charge in [-0.1, -0.05) is 35.3 Å². The number of hydrogen-bond donors (Lipinski definition) is 1. The molecule has 122 valence electrons. The normalized spacial score (nSPS) is 11.3. The molecule has 24 heavy (non-hydrogen) atoms. The molecule has 0 aliphatic heterocycles. The average Bonchev–Trinajstić information content (AvgIpc) is 2.87. The summed E-state index contributed by atoms with van der Waals surface area (Å²) in [7, 11) is 1.89. The monoisotopic (exact) mass is 361 g/mol. The Morgan fingerprint density at radius 2 is 1.88 bits per heavy atom. The Bertz CT molecular complexity index is 960. The highest BCUT2D eigenvalue weighted by Crippen LogP contribution is 2.38. The molecular formula is C18H13Cl2NO3. The molecular weight excluding hydrogens is 349 g/mol. The number of rotatable bonds is 4. The second-order valence-corrected chi connectivity index (χ2v) is 5.96. The molecule has 0 spiro atoms. The summed E-state index contributed by atoms with van der Waals surface area (Å²) in [6.07, 6.45) is 4.48. The van der Waals surface area contributed by atoms with Gasteiger partial charge in [0, 0.05) is 30.3 Å². The molecule has 0 bridgehead atoms. The molecule has 6 heteroatoms. The number of carboxylic acids is 1. The van der Waals surface area contributed by atoms with E-state index in [1.54, 1.807) is 24.3 Å². The Morgan fingerprint density at radius 3 is 2.62 bits per heavy atom. The SMILES string of the molecule is Cn1cc(C=CC(=O)O)c2c(Oc3cccc(Cl)c3Cl)cccc21. The van der Waals surface area contributed by atoms with Gasteiger partial charge in [0.25, 0.3) is 0 Å². The topological polar surface area (TPSA) is 51.5 Å². The van der Waals surface area contributed by atoms with Gasteiger partial charge in [-0.2, -0.15) is 0 Å². The van der Waals surface area contributed by atoms with Gasteiger partial charge in [0.2, 0.25) is 0 Å². The van der Waals surface area contributed by atoms with Crippen molar-refractivity contribution in [1.82, 2.24) is 4.57 Å². The minimum absolute atomic E-state index is 0.328. The van der Waals surface area contributed by atoms with Crippen molar-refractivity contribution >= 4 is 46.2 Å². The Morgan fingerprint density at radius 1 is 1.17 bits per heavy atom. The number of carboxylic acid groups (broad SMARTS) is 1. The third kappa shape index (κ3) is 3.11. The molecule has 0 saturated heterocycles. The first kappa shape index (κ1) is 16.4. The number of aliphatic carboxylic acids is 1. The summed E-state index contributed by atoms with van der Waals surface area (Å²) in [5.74, 6) is -0.000669. The van der Waals surface area contributed by atoms with Crippen LogP contribution >= 0.6 is 23.2 Å². The van der Waals surface area contributed by atoms with Crippen molar-refractivity contribution in [2.24, 2.45) is 7.05 Å². The lowest BCUT2D eigenvalue weighted by Gasteiger charge is -2.10. The molecule has 0 aliphatic carbocycles. The summed E-state index contributed by atoms with van der Waals surface area (Å²) < 4.78 is 7.86. The second kappa shape index (κ2) is 6.59. The van der Waals surface area contributed by atoms with E-state index in [9.17, 15) is 4.79 Å². The van der Waals surface area contributed by atoms with Crippen LogP contribution in [0.4, 0.5) is 0 Å². The lowest BCUT2D eigenvalue weighted by molar-refractivity contribution is -0.131. The van der Waals surface area contributed by atoms with Gasteiger partial charge in [-0.25, -0.2) is 4.79 Å². The minimum Gasteiger partial charge on any atom is -0.478 e. The molecule has 0 atom stereocenters. The lowest BCUT2D eigenvalue weighted by atomic mass is 10.1. The summed E-state index contributed by atoms with van der Waals surface area (Å²) in [5, 5.41) is 10.4. The van der Waals surface area contributed by atoms with Crippen molar-refractivity contribution in [3.05, 3.63) is 64.3 Å². The van der Waals surface area contributed by atoms with Gasteiger partial charge in [0.1, 0.15) is 16.5 Å². The first-order chi connectivity index (χ1) is 11.5. The fourth-order valence-electron chi connectivity index (χ4n) is 2.50. The van der Waals surface area contributed by atoms with Crippen LogP contribution in [0, 0.1) is 0 Å². The zero-order valence-electron chi connectivity index (χ0n) is 12.7. The molecule has 1 aromatic heterocycles. The fraction of sp³-hybridized carbons (Fsp3) is 0.0556. The Kier molecular flexibility index (Phi) is 4.51. The number of carbonyl (C=O) groups is 1. The fourth-order valence-corrected chi connectivity index (χ4v) is 2.83. The second-order valence-electron chi connectivity index (χ2n) is 5.17. The predicted octanol–water partition coefficient (Wildman–Crippen LogP) is 5.38. The molecule has 4 nitrogen and oxygen atoms in total. The largest absolute Gasteiger partial charge is 0.478 e. The van der Waals surface area contributed by atoms with Crippen molar-refractivity contribution < 1.29 is 14.6 Å². The van der Waals surface area contributed by atoms with Crippen LogP contribution in [0.15, 0.2) is 48.7 Å². The van der Waals surface area contributed by atoms with E-state index < -0.39 is 5.97 Å². The molecule has 0 aliphatic rings. The summed E-state index contributed by atoms with van der Waals surface area (Å²) in [6.45, 7) is 0. The van der Waals surface area contributed by atoms with Crippen LogP contribution in [-0.4, -0.2) is 15.6 Å². The van der Waals surface area contributed by atoms with Crippen molar-refractivity contribution in [3.8, 4) is 11.5 Å². The molecule has 0 fully saturated rings. The number of hydrogen-bond acceptors (Lipinski definition) is 2. The smallest absolute Gasteiger partial charge is 0.328 e. The Labute approximate surface area is 148 Å². The van der Waals surface area contributed by atoms with E-state index in [0.717, 1.165) is 22.5 Å². The number of aromatic nitrogens is 1. The van der Waals surface area contributed by atoms with Gasteiger partial charge in [0.05, 0.1) is 10.5 Å². The first-order valence-corrected chi connectivity index (χ1v) is 7.84. The Balaban J connectivity index is 2.14. The van der Waals surface area contributed by atoms with Gasteiger partial charge in [0.15, 0.2) is 0 Å². The predicted molar refractivity (Wildman–Crippen MR) is 96.1 cm³/mol. The lowest BCUT2D eigenvalue weighted by Crippen LogP contribution is -1.89. The van der Waals surface area contributed by atoms with Crippen molar-refractivity contribution in [1.29, 1.82) is 0 Å². The molecule has 1 N–H and O–H groups in total. The van der Waals surface area contributed by atoms with Crippen molar-refractivity contribution in [3.63, 3.8) is 0 Å². The highest BCUT2D eigenvalue weighted by Gasteiger charge is 2.13. The molecule has 1 heterocycles. The summed E-state index contributed by atoms with van der Waals surface area (Å²) in [6, 6.07) is 10.8. The molecule has 3 aromatic rings. The number of aryl methyl sites for hydroxylation is 1. The maximum Gasteiger partial charge on any atom is 0.328 e. The maximum atomic E-state index is 10.8. The van der Waals surface area contributed by atoms with Crippen LogP contribution in [0.1, 0.15) is 5.56 Å². The van der Waals surface area contributed by atoms with Gasteiger partial charge in [-0.15, -0.1) is 0 Å². The highest BCUT2D eigenvalue weighted by molar-refractivity contribution is 6.42. The third-order valence-electron chi connectivity index (χ3n) is 3.55. The molecule has 0 unspecified atom stereocenters. The van der Waals surface area contributed by atoms with Crippen LogP contribution in [0.2, 0.25) is 10.0 Å². The van der Waals surface area contributed by atoms with Gasteiger partial charge in [-0.3, -0.25) is 0 Å². The number of ether oxygens (including phenoxy) is 1. The zero-order valence-corrected chi connectivity index (χ0v) is 14.2. The van der Waals surface area contributed by atoms with E-state index in [4.69, 9.17) is 33.0 Å². The van der Waals surface area contributed by atoms with Crippen LogP contribution in [-0.2, 0) is 11.8 Å². The third-order valence-corrected chi connectivity index (χ3v) is 4.35. The molecule has 3 rings (SSSR count). The maximum absolute atomic E-state index is 10.8. The summed E-state index contributed by atoms with van der Waals surface area (Å²) in [5.41, 5.74) is 1.65. The Hall–Kier alpha value is -2.43. The molecule has 0 radical (unpaired) electrons. The van der Waals surface area contributed by atoms with Crippen LogP contribution in [0.25, 0.3) is 17.0 Å². The number of benzene rings is 2. The summed E-state index contributed by atoms with van der Waals surface area (Å²) >= 11 is 12.2. The van der Waals surface area contributed by atoms with E-state index in [2.05, 4.69) is 0 Å². The van der Waals surface area contributed by atoms with Crippen molar-refractivity contribution in [2.45, 2.75) is 0 Å². The van der Waals surface area contributed by atoms with E-state index in [0.29, 0.717) is 21.5 Å². The van der Waals surface area contributed by atoms with Gasteiger partial charge < -0.3 is 14.4 Å². The molecule has 0 saturated carbocycles. The van der Waals surface area contributed by atoms with E-state index in [1.165, 1.54) is 6.08 Å². The molecule has 0 amide bonds. The van der Waals surface area contributed by atoms with Gasteiger partial charge in [-0.05, 0) is 30.3 Å². The minimum atomic E-state index is -1.01. The van der Waals surface area contributed by atoms with Crippen LogP contribution in [0.3, 0.4) is 0 Å². The zero-order chi connectivity index (χ0) is 17.3. The van der Waals surface area contributed by atoms with E-state index in [-0.39, 0.29) is 0 Å². The number of nitrogens with zero attached hydrogens (tertiary/aromatic N) is 1. The number of halogens is 2.